The van der Waals surface area contributed by atoms with Crippen LogP contribution in [0, 0.1) is 12.8 Å². The highest BCUT2D eigenvalue weighted by molar-refractivity contribution is 5.96. The van der Waals surface area contributed by atoms with Gasteiger partial charge in [-0.2, -0.15) is 5.10 Å². The summed E-state index contributed by atoms with van der Waals surface area (Å²) in [4.78, 5) is 19.0. The third-order valence-corrected chi connectivity index (χ3v) is 7.45. The molecule has 0 fully saturated rings. The van der Waals surface area contributed by atoms with Gasteiger partial charge in [0.05, 0.1) is 29.2 Å². The molecule has 0 aliphatic rings. The topological polar surface area (TPSA) is 143 Å². The summed E-state index contributed by atoms with van der Waals surface area (Å²) in [6, 6.07) is 17.2. The van der Waals surface area contributed by atoms with Crippen LogP contribution in [0.1, 0.15) is 44.2 Å². The second kappa shape index (κ2) is 11.3. The van der Waals surface area contributed by atoms with Crippen LogP contribution in [0.15, 0.2) is 86.9 Å². The number of aryl methyl sites for hydroxylation is 2. The molecule has 5 rings (SSSR count). The lowest BCUT2D eigenvalue weighted by Crippen LogP contribution is -2.27. The van der Waals surface area contributed by atoms with E-state index in [1.807, 2.05) is 75.6 Å². The number of aliphatic imine (C=N–C) groups is 1. The summed E-state index contributed by atoms with van der Waals surface area (Å²) in [5.74, 6) is 0.283. The van der Waals surface area contributed by atoms with E-state index in [0.29, 0.717) is 28.4 Å². The Morgan fingerprint density at radius 2 is 1.83 bits per heavy atom. The van der Waals surface area contributed by atoms with E-state index < -0.39 is 6.04 Å². The van der Waals surface area contributed by atoms with E-state index in [4.69, 9.17) is 15.9 Å². The Hall–Kier alpha value is -4.83. The molecule has 3 atom stereocenters. The van der Waals surface area contributed by atoms with Gasteiger partial charge in [0.15, 0.2) is 0 Å². The number of benzene rings is 2. The van der Waals surface area contributed by atoms with Crippen LogP contribution in [-0.4, -0.2) is 36.9 Å². The molecule has 210 valence electrons. The molecule has 0 aliphatic carbocycles. The zero-order valence-corrected chi connectivity index (χ0v) is 23.8. The van der Waals surface area contributed by atoms with Gasteiger partial charge in [-0.1, -0.05) is 50.2 Å². The average Bonchev–Trinajstić information content (AvgIpc) is 3.59. The zero-order chi connectivity index (χ0) is 29.3. The van der Waals surface area contributed by atoms with Gasteiger partial charge in [-0.3, -0.25) is 14.0 Å². The van der Waals surface area contributed by atoms with Crippen LogP contribution >= 0.6 is 0 Å². The second-order valence-corrected chi connectivity index (χ2v) is 10.3. The summed E-state index contributed by atoms with van der Waals surface area (Å²) in [5.41, 5.74) is 16.7. The summed E-state index contributed by atoms with van der Waals surface area (Å²) in [6.07, 6.45) is 4.93. The molecule has 3 aromatic heterocycles. The molecule has 0 amide bonds. The normalized spacial score (nSPS) is 14.8. The van der Waals surface area contributed by atoms with E-state index in [9.17, 15) is 4.79 Å². The van der Waals surface area contributed by atoms with Crippen LogP contribution in [0.25, 0.3) is 33.2 Å². The molecular formula is C31H34N8O2. The van der Waals surface area contributed by atoms with Crippen molar-refractivity contribution in [1.82, 2.24) is 24.5 Å². The van der Waals surface area contributed by atoms with Gasteiger partial charge < -0.3 is 15.9 Å². The maximum atomic E-state index is 14.5. The van der Waals surface area contributed by atoms with Crippen molar-refractivity contribution in [3.63, 3.8) is 0 Å². The molecule has 0 aliphatic heterocycles. The Kier molecular flexibility index (Phi) is 7.67. The van der Waals surface area contributed by atoms with Crippen molar-refractivity contribution in [2.24, 2.45) is 29.4 Å². The Bertz CT molecular complexity index is 1810. The standard InChI is InChI=1S/C31H34N8O2/c1-18(19(2)29(34-17-32)27(20(3)33)30-37-36-21(4)41-30)26-14-22-10-9-13-25(23-15-35-38(5)16-23)28(22)31(40)39(26)24-11-7-6-8-12-24/h6-20H,33H2,1-5H3,(H2,32,34)/b29-27+/t18?,19-,20?/m1/s1. The average molecular weight is 551 g/mol. The molecule has 10 nitrogen and oxygen atoms in total. The second-order valence-electron chi connectivity index (χ2n) is 10.3. The van der Waals surface area contributed by atoms with E-state index in [-0.39, 0.29) is 17.4 Å². The fourth-order valence-electron chi connectivity index (χ4n) is 5.31. The van der Waals surface area contributed by atoms with Crippen LogP contribution < -0.4 is 17.0 Å². The number of aromatic nitrogens is 5. The molecule has 0 radical (unpaired) electrons. The molecule has 3 heterocycles. The molecule has 0 saturated carbocycles. The van der Waals surface area contributed by atoms with Crippen molar-refractivity contribution in [1.29, 1.82) is 0 Å². The molecule has 0 spiro atoms. The van der Waals surface area contributed by atoms with E-state index in [0.717, 1.165) is 27.9 Å². The quantitative estimate of drug-likeness (QED) is 0.213. The molecule has 4 N–H and O–H groups in total. The fourth-order valence-corrected chi connectivity index (χ4v) is 5.31. The first kappa shape index (κ1) is 27.7. The number of pyridine rings is 1. The number of para-hydroxylation sites is 1. The SMILES string of the molecule is Cc1nnc(/C(=C(/N=CN)[C@H](C)C(C)c2cc3cccc(-c4cnn(C)c4)c3c(=O)n2-c2ccccc2)C(C)N)o1. The van der Waals surface area contributed by atoms with Gasteiger partial charge in [0.2, 0.25) is 11.8 Å². The van der Waals surface area contributed by atoms with E-state index in [1.165, 1.54) is 6.34 Å². The zero-order valence-electron chi connectivity index (χ0n) is 23.8. The predicted octanol–water partition coefficient (Wildman–Crippen LogP) is 4.57. The molecule has 2 unspecified atom stereocenters. The van der Waals surface area contributed by atoms with Gasteiger partial charge >= 0.3 is 0 Å². The van der Waals surface area contributed by atoms with Crippen LogP contribution in [0.3, 0.4) is 0 Å². The smallest absolute Gasteiger partial charge is 0.263 e. The summed E-state index contributed by atoms with van der Waals surface area (Å²) >= 11 is 0. The number of nitrogens with two attached hydrogens (primary N) is 2. The van der Waals surface area contributed by atoms with Crippen LogP contribution in [0.5, 0.6) is 0 Å². The molecule has 41 heavy (non-hydrogen) atoms. The Balaban J connectivity index is 1.77. The van der Waals surface area contributed by atoms with Crippen molar-refractivity contribution in [3.8, 4) is 16.8 Å². The molecule has 5 aromatic rings. The summed E-state index contributed by atoms with van der Waals surface area (Å²) in [6.45, 7) is 7.67. The van der Waals surface area contributed by atoms with Gasteiger partial charge in [-0.25, -0.2) is 4.99 Å². The first-order valence-electron chi connectivity index (χ1n) is 13.5. The van der Waals surface area contributed by atoms with Gasteiger partial charge in [-0.15, -0.1) is 10.2 Å². The minimum Gasteiger partial charge on any atom is -0.421 e. The van der Waals surface area contributed by atoms with Crippen molar-refractivity contribution in [2.45, 2.75) is 39.7 Å². The lowest BCUT2D eigenvalue weighted by Gasteiger charge is -2.27. The molecule has 0 saturated heterocycles. The number of nitrogens with zero attached hydrogens (tertiary/aromatic N) is 6. The highest BCUT2D eigenvalue weighted by Gasteiger charge is 2.29. The van der Waals surface area contributed by atoms with Crippen LogP contribution in [0.2, 0.25) is 0 Å². The lowest BCUT2D eigenvalue weighted by atomic mass is 9.85. The minimum atomic E-state index is -0.460. The summed E-state index contributed by atoms with van der Waals surface area (Å²) < 4.78 is 9.28. The van der Waals surface area contributed by atoms with Crippen LogP contribution in [0.4, 0.5) is 0 Å². The molecule has 10 heteroatoms. The summed E-state index contributed by atoms with van der Waals surface area (Å²) in [7, 11) is 1.86. The third kappa shape index (κ3) is 5.21. The monoisotopic (exact) mass is 550 g/mol. The molecule has 0 bridgehead atoms. The van der Waals surface area contributed by atoms with Crippen molar-refractivity contribution < 1.29 is 4.42 Å². The molecule has 2 aromatic carbocycles. The van der Waals surface area contributed by atoms with Gasteiger partial charge in [0.1, 0.15) is 0 Å². The van der Waals surface area contributed by atoms with Gasteiger partial charge in [0, 0.05) is 55.0 Å². The summed E-state index contributed by atoms with van der Waals surface area (Å²) in [5, 5.41) is 14.0. The highest BCUT2D eigenvalue weighted by Crippen LogP contribution is 2.37. The van der Waals surface area contributed by atoms with Crippen LogP contribution in [-0.2, 0) is 7.05 Å². The number of allylic oxidation sites excluding steroid dienone is 1. The van der Waals surface area contributed by atoms with E-state index in [2.05, 4.69) is 33.3 Å². The largest absolute Gasteiger partial charge is 0.421 e. The Morgan fingerprint density at radius 3 is 2.44 bits per heavy atom. The first-order chi connectivity index (χ1) is 19.7. The third-order valence-electron chi connectivity index (χ3n) is 7.45. The number of hydrogen-bond acceptors (Lipinski definition) is 7. The fraction of sp³-hybridized carbons (Fsp3) is 0.258. The maximum Gasteiger partial charge on any atom is 0.263 e. The highest BCUT2D eigenvalue weighted by atomic mass is 16.4. The van der Waals surface area contributed by atoms with E-state index >= 15 is 0 Å². The number of rotatable bonds is 8. The number of hydrogen-bond donors (Lipinski definition) is 2. The molecular weight excluding hydrogens is 516 g/mol. The van der Waals surface area contributed by atoms with Gasteiger partial charge in [0.25, 0.3) is 5.56 Å². The van der Waals surface area contributed by atoms with Crippen molar-refractivity contribution in [3.05, 3.63) is 101 Å². The first-order valence-corrected chi connectivity index (χ1v) is 13.5. The van der Waals surface area contributed by atoms with E-state index in [1.54, 1.807) is 22.4 Å². The van der Waals surface area contributed by atoms with Crippen molar-refractivity contribution >= 4 is 22.7 Å². The lowest BCUT2D eigenvalue weighted by molar-refractivity contribution is 0.494. The minimum absolute atomic E-state index is 0.116. The van der Waals surface area contributed by atoms with Gasteiger partial charge in [-0.05, 0) is 36.1 Å². The Labute approximate surface area is 238 Å². The number of fused-ring (bicyclic) bond motifs is 1. The predicted molar refractivity (Wildman–Crippen MR) is 162 cm³/mol. The van der Waals surface area contributed by atoms with Crippen molar-refractivity contribution in [2.75, 3.05) is 0 Å². The maximum absolute atomic E-state index is 14.5. The Morgan fingerprint density at radius 1 is 1.07 bits per heavy atom.